The molecule has 19 heavy (non-hydrogen) atoms. The van der Waals surface area contributed by atoms with Gasteiger partial charge in [0, 0.05) is 5.25 Å². The zero-order valence-corrected chi connectivity index (χ0v) is 12.7. The lowest BCUT2D eigenvalue weighted by atomic mass is 9.91. The summed E-state index contributed by atoms with van der Waals surface area (Å²) in [7, 11) is 0. The summed E-state index contributed by atoms with van der Waals surface area (Å²) in [6, 6.07) is 0. The third-order valence-corrected chi connectivity index (χ3v) is 4.63. The summed E-state index contributed by atoms with van der Waals surface area (Å²) in [6.07, 6.45) is 6.76. The summed E-state index contributed by atoms with van der Waals surface area (Å²) in [4.78, 5) is 8.43. The number of nitrogens with two attached hydrogens (primary N) is 1. The van der Waals surface area contributed by atoms with Crippen LogP contribution in [0, 0.1) is 5.92 Å². The minimum atomic E-state index is 0.0738. The van der Waals surface area contributed by atoms with E-state index >= 15 is 0 Å². The molecular formula is C14H23N3OS. The second-order valence-corrected chi connectivity index (χ2v) is 6.86. The molecule has 0 radical (unpaired) electrons. The molecule has 0 amide bonds. The fraction of sp³-hybridized carbons (Fsp3) is 0.714. The van der Waals surface area contributed by atoms with Gasteiger partial charge in [-0.1, -0.05) is 19.8 Å². The molecule has 0 aromatic carbocycles. The molecule has 2 rings (SSSR count). The molecule has 2 unspecified atom stereocenters. The van der Waals surface area contributed by atoms with Crippen molar-refractivity contribution in [2.75, 3.05) is 5.73 Å². The van der Waals surface area contributed by atoms with Gasteiger partial charge in [0.15, 0.2) is 0 Å². The highest BCUT2D eigenvalue weighted by Gasteiger charge is 2.22. The van der Waals surface area contributed by atoms with Crippen molar-refractivity contribution < 1.29 is 4.74 Å². The van der Waals surface area contributed by atoms with Gasteiger partial charge in [0.25, 0.3) is 0 Å². The number of hydrogen-bond donors (Lipinski definition) is 1. The lowest BCUT2D eigenvalue weighted by Crippen LogP contribution is -2.16. The number of nitrogen functional groups attached to an aromatic ring is 1. The summed E-state index contributed by atoms with van der Waals surface area (Å²) in [5.74, 6) is 1.32. The first kappa shape index (κ1) is 14.4. The van der Waals surface area contributed by atoms with Crippen LogP contribution in [0.25, 0.3) is 0 Å². The zero-order chi connectivity index (χ0) is 13.8. The lowest BCUT2D eigenvalue weighted by molar-refractivity contribution is 0.233. The van der Waals surface area contributed by atoms with E-state index < -0.39 is 0 Å². The highest BCUT2D eigenvalue weighted by atomic mass is 32.2. The molecule has 1 aliphatic rings. The maximum Gasteiger partial charge on any atom is 0.241 e. The molecule has 1 heterocycles. The third-order valence-electron chi connectivity index (χ3n) is 3.32. The number of anilines is 1. The minimum absolute atomic E-state index is 0.0738. The van der Waals surface area contributed by atoms with Crippen molar-refractivity contribution in [3.05, 3.63) is 6.33 Å². The highest BCUT2D eigenvalue weighted by molar-refractivity contribution is 8.00. The molecule has 2 atom stereocenters. The van der Waals surface area contributed by atoms with E-state index in [9.17, 15) is 0 Å². The van der Waals surface area contributed by atoms with Crippen LogP contribution >= 0.6 is 11.8 Å². The van der Waals surface area contributed by atoms with Crippen molar-refractivity contribution >= 4 is 17.4 Å². The van der Waals surface area contributed by atoms with Crippen molar-refractivity contribution in [2.45, 2.75) is 62.8 Å². The van der Waals surface area contributed by atoms with E-state index in [1.54, 1.807) is 18.1 Å². The molecule has 0 saturated heterocycles. The maximum absolute atomic E-state index is 6.11. The van der Waals surface area contributed by atoms with Crippen LogP contribution in [-0.2, 0) is 0 Å². The van der Waals surface area contributed by atoms with E-state index in [1.807, 2.05) is 13.8 Å². The Bertz CT molecular complexity index is 425. The van der Waals surface area contributed by atoms with E-state index in [-0.39, 0.29) is 6.10 Å². The molecule has 1 aromatic rings. The lowest BCUT2D eigenvalue weighted by Gasteiger charge is -2.26. The largest absolute Gasteiger partial charge is 0.473 e. The normalized spacial score (nSPS) is 23.6. The van der Waals surface area contributed by atoms with E-state index in [0.29, 0.717) is 16.8 Å². The molecule has 5 heteroatoms. The number of ether oxygens (including phenoxy) is 1. The van der Waals surface area contributed by atoms with Crippen molar-refractivity contribution in [1.29, 1.82) is 0 Å². The van der Waals surface area contributed by atoms with Crippen molar-refractivity contribution in [2.24, 2.45) is 5.92 Å². The average molecular weight is 281 g/mol. The predicted octanol–water partition coefficient (Wildman–Crippen LogP) is 3.52. The Labute approximate surface area is 119 Å². The first-order valence-corrected chi connectivity index (χ1v) is 7.88. The number of aromatic nitrogens is 2. The molecule has 4 nitrogen and oxygen atoms in total. The van der Waals surface area contributed by atoms with Crippen LogP contribution in [-0.4, -0.2) is 21.3 Å². The summed E-state index contributed by atoms with van der Waals surface area (Å²) in [5, 5.41) is 1.48. The topological polar surface area (TPSA) is 61.0 Å². The second kappa shape index (κ2) is 6.46. The molecule has 0 spiro atoms. The number of hydrogen-bond acceptors (Lipinski definition) is 5. The highest BCUT2D eigenvalue weighted by Crippen LogP contribution is 2.38. The van der Waals surface area contributed by atoms with E-state index in [2.05, 4.69) is 16.9 Å². The Hall–Kier alpha value is -0.970. The smallest absolute Gasteiger partial charge is 0.241 e. The summed E-state index contributed by atoms with van der Waals surface area (Å²) in [5.41, 5.74) is 6.70. The van der Waals surface area contributed by atoms with Crippen LogP contribution < -0.4 is 10.5 Å². The van der Waals surface area contributed by atoms with Gasteiger partial charge < -0.3 is 10.5 Å². The van der Waals surface area contributed by atoms with Crippen LogP contribution in [0.3, 0.4) is 0 Å². The Morgan fingerprint density at radius 3 is 2.84 bits per heavy atom. The number of thioether (sulfide) groups is 1. The third kappa shape index (κ3) is 4.00. The van der Waals surface area contributed by atoms with Gasteiger partial charge in [0.2, 0.25) is 5.88 Å². The van der Waals surface area contributed by atoms with Crippen LogP contribution in [0.2, 0.25) is 0 Å². The van der Waals surface area contributed by atoms with Crippen LogP contribution in [0.15, 0.2) is 11.4 Å². The molecule has 106 valence electrons. The van der Waals surface area contributed by atoms with Gasteiger partial charge in [0.05, 0.1) is 6.10 Å². The molecule has 1 saturated carbocycles. The van der Waals surface area contributed by atoms with Crippen molar-refractivity contribution in [3.8, 4) is 5.88 Å². The molecule has 1 aliphatic carbocycles. The van der Waals surface area contributed by atoms with Crippen molar-refractivity contribution in [1.82, 2.24) is 9.97 Å². The van der Waals surface area contributed by atoms with E-state index in [4.69, 9.17) is 10.5 Å². The second-order valence-electron chi connectivity index (χ2n) is 5.58. The molecule has 1 fully saturated rings. The Balaban J connectivity index is 2.07. The quantitative estimate of drug-likeness (QED) is 0.856. The molecule has 1 aromatic heterocycles. The summed E-state index contributed by atoms with van der Waals surface area (Å²) >= 11 is 1.78. The Morgan fingerprint density at radius 1 is 1.37 bits per heavy atom. The SMILES string of the molecule is CC1CCCC(Sc2ncnc(OC(C)C)c2N)C1. The molecular weight excluding hydrogens is 258 g/mol. The van der Waals surface area contributed by atoms with Gasteiger partial charge >= 0.3 is 0 Å². The van der Waals surface area contributed by atoms with Crippen LogP contribution in [0.5, 0.6) is 5.88 Å². The molecule has 2 N–H and O–H groups in total. The van der Waals surface area contributed by atoms with Gasteiger partial charge in [-0.25, -0.2) is 4.98 Å². The summed E-state index contributed by atoms with van der Waals surface area (Å²) in [6.45, 7) is 6.26. The van der Waals surface area contributed by atoms with E-state index in [0.717, 1.165) is 10.9 Å². The van der Waals surface area contributed by atoms with Gasteiger partial charge in [-0.3, -0.25) is 0 Å². The van der Waals surface area contributed by atoms with Gasteiger partial charge in [-0.2, -0.15) is 4.98 Å². The summed E-state index contributed by atoms with van der Waals surface area (Å²) < 4.78 is 5.61. The Kier molecular flexibility index (Phi) is 4.91. The van der Waals surface area contributed by atoms with Crippen LogP contribution in [0.4, 0.5) is 5.69 Å². The fourth-order valence-corrected chi connectivity index (χ4v) is 3.77. The Morgan fingerprint density at radius 2 is 2.16 bits per heavy atom. The van der Waals surface area contributed by atoms with Gasteiger partial charge in [0.1, 0.15) is 17.0 Å². The minimum Gasteiger partial charge on any atom is -0.473 e. The van der Waals surface area contributed by atoms with Gasteiger partial charge in [-0.05, 0) is 32.6 Å². The number of rotatable bonds is 4. The maximum atomic E-state index is 6.11. The van der Waals surface area contributed by atoms with Crippen LogP contribution in [0.1, 0.15) is 46.5 Å². The van der Waals surface area contributed by atoms with Gasteiger partial charge in [-0.15, -0.1) is 11.8 Å². The first-order valence-electron chi connectivity index (χ1n) is 7.00. The predicted molar refractivity (Wildman–Crippen MR) is 79.5 cm³/mol. The standard InChI is InChI=1S/C14H23N3OS/c1-9(2)18-13-12(15)14(17-8-16-13)19-11-6-4-5-10(3)7-11/h8-11H,4-7,15H2,1-3H3. The zero-order valence-electron chi connectivity index (χ0n) is 11.9. The molecule has 0 bridgehead atoms. The van der Waals surface area contributed by atoms with E-state index in [1.165, 1.54) is 25.7 Å². The monoisotopic (exact) mass is 281 g/mol. The first-order chi connectivity index (χ1) is 9.06. The molecule has 0 aliphatic heterocycles. The fourth-order valence-electron chi connectivity index (χ4n) is 2.42. The average Bonchev–Trinajstić information content (AvgIpc) is 2.34. The number of nitrogens with zero attached hydrogens (tertiary/aromatic N) is 2. The van der Waals surface area contributed by atoms with Crippen molar-refractivity contribution in [3.63, 3.8) is 0 Å².